The van der Waals surface area contributed by atoms with Gasteiger partial charge in [-0.3, -0.25) is 9.59 Å². The molecule has 1 atom stereocenters. The fourth-order valence-corrected chi connectivity index (χ4v) is 3.89. The lowest BCUT2D eigenvalue weighted by Crippen LogP contribution is -2.41. The molecule has 1 amide bonds. The molecule has 0 spiro atoms. The molecule has 2 aromatic rings. The van der Waals surface area contributed by atoms with Crippen LogP contribution in [0.5, 0.6) is 0 Å². The highest BCUT2D eigenvalue weighted by Gasteiger charge is 2.30. The second kappa shape index (κ2) is 10.3. The molecule has 0 saturated carbocycles. The van der Waals surface area contributed by atoms with Gasteiger partial charge in [0.25, 0.3) is 5.56 Å². The first-order valence-electron chi connectivity index (χ1n) is 10.7. The van der Waals surface area contributed by atoms with E-state index < -0.39 is 0 Å². The molecule has 3 heterocycles. The van der Waals surface area contributed by atoms with Crippen molar-refractivity contribution in [1.82, 2.24) is 19.8 Å². The molecule has 0 bridgehead atoms. The summed E-state index contributed by atoms with van der Waals surface area (Å²) in [5.74, 6) is 0.796. The number of aromatic nitrogens is 2. The molecule has 1 fully saturated rings. The van der Waals surface area contributed by atoms with Crippen molar-refractivity contribution >= 4 is 17.4 Å². The van der Waals surface area contributed by atoms with E-state index in [1.165, 1.54) is 0 Å². The van der Waals surface area contributed by atoms with Gasteiger partial charge in [-0.15, -0.1) is 0 Å². The average Bonchev–Trinajstić information content (AvgIpc) is 3.25. The zero-order valence-electron chi connectivity index (χ0n) is 18.8. The maximum Gasteiger partial charge on any atom is 0.271 e. The van der Waals surface area contributed by atoms with E-state index >= 15 is 0 Å². The van der Waals surface area contributed by atoms with Crippen molar-refractivity contribution in [1.29, 1.82) is 0 Å². The number of hydrogen-bond acceptors (Lipinski definition) is 6. The number of nitrogens with zero attached hydrogens (tertiary/aromatic N) is 4. The van der Waals surface area contributed by atoms with Crippen molar-refractivity contribution in [2.24, 2.45) is 0 Å². The Morgan fingerprint density at radius 2 is 2.16 bits per heavy atom. The number of carbonyl (C=O) groups is 1. The molecule has 8 nitrogen and oxygen atoms in total. The zero-order valence-corrected chi connectivity index (χ0v) is 18.8. The number of pyridine rings is 2. The van der Waals surface area contributed by atoms with Crippen LogP contribution in [0.3, 0.4) is 0 Å². The Bertz CT molecular complexity index is 984. The first-order chi connectivity index (χ1) is 14.9. The number of aromatic amines is 1. The summed E-state index contributed by atoms with van der Waals surface area (Å²) < 4.78 is 0. The molecule has 0 radical (unpaired) electrons. The number of rotatable bonds is 8. The molecule has 1 unspecified atom stereocenters. The number of anilines is 2. The smallest absolute Gasteiger partial charge is 0.271 e. The van der Waals surface area contributed by atoms with Gasteiger partial charge in [0.15, 0.2) is 0 Å². The molecule has 0 aromatic carbocycles. The Hall–Kier alpha value is -3.13. The van der Waals surface area contributed by atoms with Gasteiger partial charge >= 0.3 is 0 Å². The van der Waals surface area contributed by atoms with E-state index in [2.05, 4.69) is 20.2 Å². The fourth-order valence-electron chi connectivity index (χ4n) is 3.89. The summed E-state index contributed by atoms with van der Waals surface area (Å²) in [6.45, 7) is 4.77. The first kappa shape index (κ1) is 22.6. The number of amides is 1. The lowest BCUT2D eigenvalue weighted by atomic mass is 10.1. The van der Waals surface area contributed by atoms with Crippen LogP contribution >= 0.6 is 0 Å². The standard InChI is InChI=1S/C23H32N6O2/c1-5-29(19-9-12-28(16-19)22(30)7-6-11-27(3)4)20-13-18(15-26-23(20)31)17-8-10-25-21(14-17)24-2/h6-8,10,13-15,19H,5,9,11-12,16H2,1-4H3,(H,24,25)(H,26,31). The van der Waals surface area contributed by atoms with Crippen LogP contribution in [0.1, 0.15) is 13.3 Å². The predicted octanol–water partition coefficient (Wildman–Crippen LogP) is 2.02. The van der Waals surface area contributed by atoms with Gasteiger partial charge < -0.3 is 25.0 Å². The van der Waals surface area contributed by atoms with Crippen LogP contribution < -0.4 is 15.8 Å². The van der Waals surface area contributed by atoms with Crippen LogP contribution in [0.2, 0.25) is 0 Å². The van der Waals surface area contributed by atoms with Crippen LogP contribution in [-0.4, -0.2) is 79.0 Å². The number of carbonyl (C=O) groups excluding carboxylic acids is 1. The molecule has 1 saturated heterocycles. The van der Waals surface area contributed by atoms with Gasteiger partial charge in [0.2, 0.25) is 5.91 Å². The monoisotopic (exact) mass is 424 g/mol. The van der Waals surface area contributed by atoms with Gasteiger partial charge in [-0.05, 0) is 51.2 Å². The highest BCUT2D eigenvalue weighted by atomic mass is 16.2. The lowest BCUT2D eigenvalue weighted by Gasteiger charge is -2.29. The average molecular weight is 425 g/mol. The molecule has 166 valence electrons. The number of nitrogens with one attached hydrogen (secondary N) is 2. The summed E-state index contributed by atoms with van der Waals surface area (Å²) >= 11 is 0. The van der Waals surface area contributed by atoms with Crippen LogP contribution in [-0.2, 0) is 4.79 Å². The summed E-state index contributed by atoms with van der Waals surface area (Å²) in [6.07, 6.45) is 7.84. The number of likely N-dealkylation sites (tertiary alicyclic amines) is 1. The molecule has 2 N–H and O–H groups in total. The van der Waals surface area contributed by atoms with Gasteiger partial charge in [-0.1, -0.05) is 6.08 Å². The molecule has 0 aliphatic carbocycles. The van der Waals surface area contributed by atoms with Gasteiger partial charge in [0.05, 0.1) is 0 Å². The van der Waals surface area contributed by atoms with E-state index in [1.54, 1.807) is 18.5 Å². The van der Waals surface area contributed by atoms with E-state index in [4.69, 9.17) is 0 Å². The topological polar surface area (TPSA) is 84.6 Å². The second-order valence-electron chi connectivity index (χ2n) is 7.96. The Morgan fingerprint density at radius 3 is 2.87 bits per heavy atom. The third kappa shape index (κ3) is 5.52. The summed E-state index contributed by atoms with van der Waals surface area (Å²) in [6, 6.07) is 5.91. The molecule has 8 heteroatoms. The van der Waals surface area contributed by atoms with Crippen LogP contribution in [0.25, 0.3) is 11.1 Å². The van der Waals surface area contributed by atoms with Crippen molar-refractivity contribution in [2.45, 2.75) is 19.4 Å². The molecule has 1 aliphatic heterocycles. The SMILES string of the molecule is CCN(c1cc(-c2ccnc(NC)c2)c[nH]c1=O)C1CCN(C(=O)C=CCN(C)C)C1. The summed E-state index contributed by atoms with van der Waals surface area (Å²) in [5.41, 5.74) is 2.40. The minimum atomic E-state index is -0.121. The van der Waals surface area contributed by atoms with Gasteiger partial charge in [-0.25, -0.2) is 4.98 Å². The third-order valence-electron chi connectivity index (χ3n) is 5.53. The normalized spacial score (nSPS) is 16.3. The first-order valence-corrected chi connectivity index (χ1v) is 10.7. The molecule has 1 aliphatic rings. The van der Waals surface area contributed by atoms with Crippen LogP contribution in [0.4, 0.5) is 11.5 Å². The van der Waals surface area contributed by atoms with Crippen molar-refractivity contribution < 1.29 is 4.79 Å². The molecule has 3 rings (SSSR count). The minimum Gasteiger partial charge on any atom is -0.373 e. The molecular weight excluding hydrogens is 392 g/mol. The van der Waals surface area contributed by atoms with Crippen molar-refractivity contribution in [3.8, 4) is 11.1 Å². The maximum absolute atomic E-state index is 12.7. The third-order valence-corrected chi connectivity index (χ3v) is 5.53. The minimum absolute atomic E-state index is 0.0273. The second-order valence-corrected chi connectivity index (χ2v) is 7.96. The van der Waals surface area contributed by atoms with Crippen LogP contribution in [0, 0.1) is 0 Å². The van der Waals surface area contributed by atoms with Gasteiger partial charge in [0.1, 0.15) is 11.5 Å². The van der Waals surface area contributed by atoms with Crippen molar-refractivity contribution in [3.63, 3.8) is 0 Å². The van der Waals surface area contributed by atoms with Crippen molar-refractivity contribution in [2.75, 3.05) is 57.5 Å². The summed E-state index contributed by atoms with van der Waals surface area (Å²) in [7, 11) is 5.76. The van der Waals surface area contributed by atoms with Gasteiger partial charge in [0, 0.05) is 63.3 Å². The molecular formula is C23H32N6O2. The van der Waals surface area contributed by atoms with Crippen molar-refractivity contribution in [3.05, 3.63) is 53.1 Å². The Kier molecular flexibility index (Phi) is 7.46. The van der Waals surface area contributed by atoms with Gasteiger partial charge in [-0.2, -0.15) is 0 Å². The quantitative estimate of drug-likeness (QED) is 0.631. The predicted molar refractivity (Wildman–Crippen MR) is 126 cm³/mol. The zero-order chi connectivity index (χ0) is 22.4. The van der Waals surface area contributed by atoms with Crippen LogP contribution in [0.15, 0.2) is 47.5 Å². The van der Waals surface area contributed by atoms with E-state index in [1.807, 2.05) is 62.1 Å². The van der Waals surface area contributed by atoms with E-state index in [9.17, 15) is 9.59 Å². The maximum atomic E-state index is 12.7. The Morgan fingerprint density at radius 1 is 1.35 bits per heavy atom. The summed E-state index contributed by atoms with van der Waals surface area (Å²) in [5, 5.41) is 3.04. The number of likely N-dealkylation sites (N-methyl/N-ethyl adjacent to an activating group) is 2. The molecule has 31 heavy (non-hydrogen) atoms. The van der Waals surface area contributed by atoms with E-state index in [-0.39, 0.29) is 17.5 Å². The fraction of sp³-hybridized carbons (Fsp3) is 0.435. The summed E-state index contributed by atoms with van der Waals surface area (Å²) in [4.78, 5) is 38.3. The highest BCUT2D eigenvalue weighted by Crippen LogP contribution is 2.26. The highest BCUT2D eigenvalue weighted by molar-refractivity contribution is 5.88. The number of H-pyrrole nitrogens is 1. The number of hydrogen-bond donors (Lipinski definition) is 2. The Balaban J connectivity index is 1.79. The van der Waals surface area contributed by atoms with E-state index in [0.29, 0.717) is 25.3 Å². The largest absolute Gasteiger partial charge is 0.373 e. The molecule has 2 aromatic heterocycles. The van der Waals surface area contributed by atoms with E-state index in [0.717, 1.165) is 29.9 Å². The Labute approximate surface area is 183 Å². The lowest BCUT2D eigenvalue weighted by molar-refractivity contribution is -0.125.